The Labute approximate surface area is 124 Å². The van der Waals surface area contributed by atoms with E-state index in [4.69, 9.17) is 18.0 Å². The van der Waals surface area contributed by atoms with Gasteiger partial charge in [-0.25, -0.2) is 13.1 Å². The molecular formula is C11H21N3O4S2. The molecule has 7 nitrogen and oxygen atoms in total. The molecule has 0 aromatic rings. The Morgan fingerprint density at radius 2 is 2.05 bits per heavy atom. The molecule has 0 aromatic heterocycles. The first-order valence-corrected chi connectivity index (χ1v) is 8.31. The number of carbonyl (C=O) groups is 1. The molecule has 9 heteroatoms. The lowest BCUT2D eigenvalue weighted by molar-refractivity contribution is -0.139. The minimum atomic E-state index is -3.71. The number of methoxy groups -OCH3 is 1. The van der Waals surface area contributed by atoms with Gasteiger partial charge in [-0.2, -0.15) is 0 Å². The topological polar surface area (TPSA) is 102 Å². The summed E-state index contributed by atoms with van der Waals surface area (Å²) in [6.45, 7) is 3.30. The van der Waals surface area contributed by atoms with Crippen LogP contribution in [0.15, 0.2) is 0 Å². The lowest BCUT2D eigenvalue weighted by atomic mass is 10.1. The molecular weight excluding hydrogens is 302 g/mol. The summed E-state index contributed by atoms with van der Waals surface area (Å²) in [5.41, 5.74) is 5.47. The van der Waals surface area contributed by atoms with Crippen molar-refractivity contribution < 1.29 is 17.9 Å². The summed E-state index contributed by atoms with van der Waals surface area (Å²) in [5, 5.41) is -1.21. The van der Waals surface area contributed by atoms with Crippen molar-refractivity contribution in [3.8, 4) is 0 Å². The van der Waals surface area contributed by atoms with Gasteiger partial charge in [0.2, 0.25) is 10.0 Å². The minimum Gasteiger partial charge on any atom is -0.468 e. The summed E-state index contributed by atoms with van der Waals surface area (Å²) in [6.07, 6.45) is 1.32. The molecule has 0 radical (unpaired) electrons. The van der Waals surface area contributed by atoms with Gasteiger partial charge in [0, 0.05) is 25.7 Å². The molecule has 1 fully saturated rings. The first-order chi connectivity index (χ1) is 9.26. The number of rotatable bonds is 6. The van der Waals surface area contributed by atoms with Crippen LogP contribution >= 0.6 is 12.2 Å². The standard InChI is InChI=1S/C11H21N3O4S2/c1-8(11(15)18-2)20(16,17)13-9-3-5-14(6-4-9)7-10(12)19/h8-9,13H,3-7H2,1-2H3,(H2,12,19). The molecule has 1 rings (SSSR count). The normalized spacial score (nSPS) is 19.5. The van der Waals surface area contributed by atoms with Crippen molar-refractivity contribution >= 4 is 33.2 Å². The molecule has 0 saturated carbocycles. The molecule has 0 aliphatic carbocycles. The Morgan fingerprint density at radius 3 is 2.50 bits per heavy atom. The predicted octanol–water partition coefficient (Wildman–Crippen LogP) is -0.782. The van der Waals surface area contributed by atoms with E-state index in [0.717, 1.165) is 13.1 Å². The van der Waals surface area contributed by atoms with Crippen molar-refractivity contribution in [3.63, 3.8) is 0 Å². The first kappa shape index (κ1) is 17.3. The third kappa shape index (κ3) is 4.97. The van der Waals surface area contributed by atoms with Gasteiger partial charge in [-0.1, -0.05) is 12.2 Å². The summed E-state index contributed by atoms with van der Waals surface area (Å²) in [6, 6.07) is -0.172. The number of esters is 1. The zero-order chi connectivity index (χ0) is 15.3. The number of hydrogen-bond acceptors (Lipinski definition) is 6. The highest BCUT2D eigenvalue weighted by molar-refractivity contribution is 7.90. The highest BCUT2D eigenvalue weighted by atomic mass is 32.2. The lowest BCUT2D eigenvalue weighted by Gasteiger charge is -2.32. The fraction of sp³-hybridized carbons (Fsp3) is 0.818. The van der Waals surface area contributed by atoms with Crippen LogP contribution < -0.4 is 10.5 Å². The molecule has 1 saturated heterocycles. The fourth-order valence-electron chi connectivity index (χ4n) is 2.06. The Morgan fingerprint density at radius 1 is 1.50 bits per heavy atom. The Bertz CT molecular complexity index is 458. The second kappa shape index (κ2) is 7.30. The van der Waals surface area contributed by atoms with Gasteiger partial charge in [-0.15, -0.1) is 0 Å². The second-order valence-electron chi connectivity index (χ2n) is 4.84. The van der Waals surface area contributed by atoms with Gasteiger partial charge in [0.1, 0.15) is 0 Å². The monoisotopic (exact) mass is 323 g/mol. The molecule has 1 unspecified atom stereocenters. The molecule has 20 heavy (non-hydrogen) atoms. The molecule has 1 aliphatic rings. The van der Waals surface area contributed by atoms with Crippen LogP contribution in [0.2, 0.25) is 0 Å². The van der Waals surface area contributed by atoms with Crippen LogP contribution in [-0.2, 0) is 19.6 Å². The molecule has 0 amide bonds. The molecule has 116 valence electrons. The van der Waals surface area contributed by atoms with E-state index in [1.165, 1.54) is 14.0 Å². The average Bonchev–Trinajstić information content (AvgIpc) is 2.38. The van der Waals surface area contributed by atoms with Crippen molar-refractivity contribution in [1.82, 2.24) is 9.62 Å². The van der Waals surface area contributed by atoms with Gasteiger partial charge in [-0.3, -0.25) is 9.69 Å². The van der Waals surface area contributed by atoms with E-state index in [9.17, 15) is 13.2 Å². The molecule has 3 N–H and O–H groups in total. The lowest BCUT2D eigenvalue weighted by Crippen LogP contribution is -2.49. The second-order valence-corrected chi connectivity index (χ2v) is 7.40. The summed E-state index contributed by atoms with van der Waals surface area (Å²) >= 11 is 4.84. The number of nitrogens with two attached hydrogens (primary N) is 1. The van der Waals surface area contributed by atoms with Crippen molar-refractivity contribution in [2.45, 2.75) is 31.1 Å². The highest BCUT2D eigenvalue weighted by Crippen LogP contribution is 2.12. The van der Waals surface area contributed by atoms with Gasteiger partial charge >= 0.3 is 5.97 Å². The number of nitrogens with one attached hydrogen (secondary N) is 1. The third-order valence-corrected chi connectivity index (χ3v) is 5.21. The maximum absolute atomic E-state index is 12.0. The summed E-state index contributed by atoms with van der Waals surface area (Å²) in [7, 11) is -2.54. The third-order valence-electron chi connectivity index (χ3n) is 3.30. The number of likely N-dealkylation sites (tertiary alicyclic amines) is 1. The number of piperidine rings is 1. The van der Waals surface area contributed by atoms with Crippen LogP contribution in [0.1, 0.15) is 19.8 Å². The molecule has 1 heterocycles. The Hall–Kier alpha value is -0.770. The predicted molar refractivity (Wildman–Crippen MR) is 79.8 cm³/mol. The maximum Gasteiger partial charge on any atom is 0.325 e. The number of sulfonamides is 1. The van der Waals surface area contributed by atoms with Crippen LogP contribution in [0.3, 0.4) is 0 Å². The summed E-state index contributed by atoms with van der Waals surface area (Å²) < 4.78 is 31.0. The van der Waals surface area contributed by atoms with E-state index in [-0.39, 0.29) is 6.04 Å². The van der Waals surface area contributed by atoms with Crippen molar-refractivity contribution in [3.05, 3.63) is 0 Å². The van der Waals surface area contributed by atoms with Crippen LogP contribution in [0.4, 0.5) is 0 Å². The number of nitrogens with zero attached hydrogens (tertiary/aromatic N) is 1. The summed E-state index contributed by atoms with van der Waals surface area (Å²) in [5.74, 6) is -0.761. The molecule has 0 bridgehead atoms. The SMILES string of the molecule is COC(=O)C(C)S(=O)(=O)NC1CCN(CC(N)=S)CC1. The first-order valence-electron chi connectivity index (χ1n) is 6.36. The van der Waals surface area contributed by atoms with Gasteiger partial charge in [0.05, 0.1) is 12.1 Å². The maximum atomic E-state index is 12.0. The van der Waals surface area contributed by atoms with E-state index >= 15 is 0 Å². The molecule has 0 aromatic carbocycles. The van der Waals surface area contributed by atoms with E-state index in [2.05, 4.69) is 14.4 Å². The van der Waals surface area contributed by atoms with Crippen molar-refractivity contribution in [2.24, 2.45) is 5.73 Å². The van der Waals surface area contributed by atoms with Crippen LogP contribution in [0, 0.1) is 0 Å². The molecule has 0 spiro atoms. The van der Waals surface area contributed by atoms with Crippen molar-refractivity contribution in [2.75, 3.05) is 26.7 Å². The molecule has 1 aliphatic heterocycles. The Kier molecular flexibility index (Phi) is 6.31. The van der Waals surface area contributed by atoms with E-state index in [1.807, 2.05) is 0 Å². The zero-order valence-electron chi connectivity index (χ0n) is 11.7. The largest absolute Gasteiger partial charge is 0.468 e. The van der Waals surface area contributed by atoms with E-state index in [1.54, 1.807) is 0 Å². The quantitative estimate of drug-likeness (QED) is 0.488. The van der Waals surface area contributed by atoms with Gasteiger partial charge < -0.3 is 10.5 Å². The van der Waals surface area contributed by atoms with Crippen LogP contribution in [0.25, 0.3) is 0 Å². The number of ether oxygens (including phenoxy) is 1. The van der Waals surface area contributed by atoms with E-state index in [0.29, 0.717) is 24.4 Å². The molecule has 1 atom stereocenters. The highest BCUT2D eigenvalue weighted by Gasteiger charge is 2.32. The zero-order valence-corrected chi connectivity index (χ0v) is 13.3. The van der Waals surface area contributed by atoms with Crippen LogP contribution in [-0.4, -0.2) is 62.3 Å². The number of carbonyl (C=O) groups excluding carboxylic acids is 1. The van der Waals surface area contributed by atoms with Gasteiger partial charge in [-0.05, 0) is 19.8 Å². The number of thiocarbonyl (C=S) groups is 1. The van der Waals surface area contributed by atoms with Gasteiger partial charge in [0.25, 0.3) is 0 Å². The Balaban J connectivity index is 2.51. The minimum absolute atomic E-state index is 0.172. The van der Waals surface area contributed by atoms with E-state index < -0.39 is 21.2 Å². The number of hydrogen-bond donors (Lipinski definition) is 2. The van der Waals surface area contributed by atoms with Crippen molar-refractivity contribution in [1.29, 1.82) is 0 Å². The summed E-state index contributed by atoms with van der Waals surface area (Å²) in [4.78, 5) is 13.8. The fourth-order valence-corrected chi connectivity index (χ4v) is 3.49. The van der Waals surface area contributed by atoms with Gasteiger partial charge in [0.15, 0.2) is 5.25 Å². The smallest absolute Gasteiger partial charge is 0.325 e. The van der Waals surface area contributed by atoms with Crippen LogP contribution in [0.5, 0.6) is 0 Å². The average molecular weight is 323 g/mol.